The molecule has 0 aromatic rings. The minimum absolute atomic E-state index is 0. The van der Waals surface area contributed by atoms with Crippen LogP contribution in [0.25, 0.3) is 5.73 Å². The minimum atomic E-state index is -0.762. The summed E-state index contributed by atoms with van der Waals surface area (Å²) in [5, 5.41) is 0. The van der Waals surface area contributed by atoms with Crippen molar-refractivity contribution in [1.29, 1.82) is 0 Å². The van der Waals surface area contributed by atoms with Crippen molar-refractivity contribution < 1.29 is 40.6 Å². The molecule has 0 bridgehead atoms. The zero-order valence-corrected chi connectivity index (χ0v) is 12.0. The molecule has 0 radical (unpaired) electrons. The summed E-state index contributed by atoms with van der Waals surface area (Å²) in [6, 6.07) is 0. The Morgan fingerprint density at radius 2 is 2.15 bits per heavy atom. The van der Waals surface area contributed by atoms with E-state index in [-0.39, 0.29) is 44.6 Å². The molecule has 1 aliphatic heterocycles. The molecule has 72 valence electrons. The Morgan fingerprint density at radius 1 is 1.46 bits per heavy atom. The van der Waals surface area contributed by atoms with E-state index in [0.29, 0.717) is 12.5 Å². The van der Waals surface area contributed by atoms with E-state index in [1.54, 1.807) is 0 Å². The molecule has 1 saturated carbocycles. The summed E-state index contributed by atoms with van der Waals surface area (Å²) in [5.41, 5.74) is 8.44. The average molecular weight is 407 g/mol. The molecule has 2 rings (SSSR count). The molecule has 0 spiro atoms. The first kappa shape index (κ1) is 13.7. The molecule has 1 heterocycles. The van der Waals surface area contributed by atoms with Crippen molar-refractivity contribution in [3.05, 3.63) is 25.3 Å². The predicted octanol–water partition coefficient (Wildman–Crippen LogP) is 2.15. The Balaban J connectivity index is 0.000000720. The summed E-state index contributed by atoms with van der Waals surface area (Å²) < 4.78 is 10.3. The predicted molar refractivity (Wildman–Crippen MR) is 47.2 cm³/mol. The van der Waals surface area contributed by atoms with E-state index in [1.807, 2.05) is 0 Å². The molecular weight excluding hydrogens is 392 g/mol. The Kier molecular flexibility index (Phi) is 5.81. The summed E-state index contributed by atoms with van der Waals surface area (Å²) in [6.45, 7) is 4.57. The molecular formula is C9H15NO2U. The van der Waals surface area contributed by atoms with E-state index in [0.717, 1.165) is 12.8 Å². The van der Waals surface area contributed by atoms with Crippen LogP contribution in [0.3, 0.4) is 0 Å². The Morgan fingerprint density at radius 3 is 2.85 bits per heavy atom. The van der Waals surface area contributed by atoms with Crippen LogP contribution in [0, 0.1) is 44.5 Å². The summed E-state index contributed by atoms with van der Waals surface area (Å²) >= 11 is 0. The second-order valence-corrected chi connectivity index (χ2v) is 3.14. The van der Waals surface area contributed by atoms with Crippen molar-refractivity contribution in [1.82, 2.24) is 0 Å². The molecule has 13 heavy (non-hydrogen) atoms. The first-order valence-electron chi connectivity index (χ1n) is 3.93. The van der Waals surface area contributed by atoms with Gasteiger partial charge in [-0.2, -0.15) is 0 Å². The van der Waals surface area contributed by atoms with Gasteiger partial charge in [-0.3, -0.25) is 0 Å². The van der Waals surface area contributed by atoms with Crippen LogP contribution in [0.4, 0.5) is 0 Å². The number of nitrogens with one attached hydrogen (secondary N) is 1. The molecule has 1 aliphatic carbocycles. The van der Waals surface area contributed by atoms with Crippen LogP contribution in [0.2, 0.25) is 0 Å². The molecule has 0 aromatic heterocycles. The summed E-state index contributed by atoms with van der Waals surface area (Å²) in [5.74, 6) is 0.358. The Bertz CT molecular complexity index is 186. The fourth-order valence-corrected chi connectivity index (χ4v) is 1.75. The van der Waals surface area contributed by atoms with E-state index in [4.69, 9.17) is 15.2 Å². The second kappa shape index (κ2) is 5.53. The van der Waals surface area contributed by atoms with Gasteiger partial charge in [-0.15, -0.1) is 0 Å². The van der Waals surface area contributed by atoms with E-state index >= 15 is 0 Å². The van der Waals surface area contributed by atoms with Gasteiger partial charge in [0, 0.05) is 5.92 Å². The molecule has 1 saturated heterocycles. The van der Waals surface area contributed by atoms with Crippen molar-refractivity contribution >= 4 is 0 Å². The molecule has 3 nitrogen and oxygen atoms in total. The van der Waals surface area contributed by atoms with E-state index in [2.05, 4.69) is 6.58 Å². The van der Waals surface area contributed by atoms with Crippen LogP contribution >= 0.6 is 0 Å². The van der Waals surface area contributed by atoms with Crippen LogP contribution in [0.15, 0.2) is 12.2 Å². The quantitative estimate of drug-likeness (QED) is 0.456. The van der Waals surface area contributed by atoms with E-state index in [9.17, 15) is 0 Å². The largest absolute Gasteiger partial charge is 2.00 e. The molecule has 0 unspecified atom stereocenters. The summed E-state index contributed by atoms with van der Waals surface area (Å²) in [6.07, 6.45) is 1.49. The van der Waals surface area contributed by atoms with Gasteiger partial charge < -0.3 is 22.6 Å². The second-order valence-electron chi connectivity index (χ2n) is 3.14. The molecule has 2 fully saturated rings. The number of ether oxygens (including phenoxy) is 2. The number of rotatable bonds is 0. The topological polar surface area (TPSA) is 42.3 Å². The third kappa shape index (κ3) is 2.81. The minimum Gasteiger partial charge on any atom is -0.628 e. The fourth-order valence-electron chi connectivity index (χ4n) is 1.75. The van der Waals surface area contributed by atoms with Crippen LogP contribution in [0.5, 0.6) is 0 Å². The maximum Gasteiger partial charge on any atom is 2.00 e. The van der Waals surface area contributed by atoms with Crippen LogP contribution in [-0.4, -0.2) is 19.1 Å². The van der Waals surface area contributed by atoms with Crippen LogP contribution < -0.4 is 0 Å². The zero-order valence-electron chi connectivity index (χ0n) is 7.88. The Hall–Kier alpha value is 0.672. The monoisotopic (exact) mass is 407 g/mol. The van der Waals surface area contributed by atoms with E-state index in [1.165, 1.54) is 5.57 Å². The van der Waals surface area contributed by atoms with Crippen LogP contribution in [0.1, 0.15) is 12.8 Å². The number of hydrogen-bond donors (Lipinski definition) is 0. The maximum atomic E-state index is 7.22. The number of fused-ring (bicyclic) bond motifs is 1. The van der Waals surface area contributed by atoms with E-state index < -0.39 is 6.41 Å². The number of hydrogen-bond acceptors (Lipinski definition) is 2. The molecule has 1 N–H and O–H groups in total. The SMILES string of the molecule is C=C1CC[C@@H]2O[C@@H]([NH-])OC[C@@H]12.[CH3-].[U+2]. The average Bonchev–Trinajstić information content (AvgIpc) is 2.32. The van der Waals surface area contributed by atoms with Crippen molar-refractivity contribution in [3.63, 3.8) is 0 Å². The first-order valence-corrected chi connectivity index (χ1v) is 3.93. The molecule has 3 atom stereocenters. The van der Waals surface area contributed by atoms with Gasteiger partial charge in [-0.1, -0.05) is 12.2 Å². The Labute approximate surface area is 103 Å². The third-order valence-electron chi connectivity index (χ3n) is 2.45. The maximum absolute atomic E-state index is 7.22. The van der Waals surface area contributed by atoms with Gasteiger partial charge in [-0.25, -0.2) is 0 Å². The van der Waals surface area contributed by atoms with Crippen molar-refractivity contribution in [2.45, 2.75) is 25.4 Å². The first-order chi connectivity index (χ1) is 5.27. The van der Waals surface area contributed by atoms with Gasteiger partial charge in [-0.05, 0) is 12.8 Å². The van der Waals surface area contributed by atoms with Crippen molar-refractivity contribution in [2.75, 3.05) is 6.61 Å². The summed E-state index contributed by atoms with van der Waals surface area (Å²) in [4.78, 5) is 0. The van der Waals surface area contributed by atoms with Gasteiger partial charge >= 0.3 is 31.1 Å². The zero-order chi connectivity index (χ0) is 7.84. The van der Waals surface area contributed by atoms with Crippen LogP contribution in [-0.2, 0) is 9.47 Å². The van der Waals surface area contributed by atoms with Crippen molar-refractivity contribution in [3.8, 4) is 0 Å². The summed E-state index contributed by atoms with van der Waals surface area (Å²) in [7, 11) is 0. The normalized spacial score (nSPS) is 37.3. The standard InChI is InChI=1S/C8H12NO2.CH3.U/c1-5-2-3-7-6(5)4-10-8(9)11-7;;/h6-9H,1-4H2;1H3;/q2*-1;+2/t6-,7-,8-;;/m0../s1. The van der Waals surface area contributed by atoms with Gasteiger partial charge in [0.25, 0.3) is 0 Å². The van der Waals surface area contributed by atoms with Gasteiger partial charge in [0.15, 0.2) is 0 Å². The molecule has 4 heteroatoms. The van der Waals surface area contributed by atoms with Crippen molar-refractivity contribution in [2.24, 2.45) is 5.92 Å². The van der Waals surface area contributed by atoms with Gasteiger partial charge in [0.2, 0.25) is 0 Å². The molecule has 0 amide bonds. The van der Waals surface area contributed by atoms with Gasteiger partial charge in [0.1, 0.15) is 0 Å². The fraction of sp³-hybridized carbons (Fsp3) is 0.667. The molecule has 2 aliphatic rings. The van der Waals surface area contributed by atoms with Gasteiger partial charge in [0.05, 0.1) is 19.1 Å². The smallest absolute Gasteiger partial charge is 0.628 e. The third-order valence-corrected chi connectivity index (χ3v) is 2.45. The molecule has 0 aromatic carbocycles.